The highest BCUT2D eigenvalue weighted by Gasteiger charge is 2.24. The quantitative estimate of drug-likeness (QED) is 0.824. The molecule has 0 bridgehead atoms. The first-order chi connectivity index (χ1) is 12.5. The second-order valence-corrected chi connectivity index (χ2v) is 7.46. The number of ether oxygens (including phenoxy) is 1. The number of aromatic amines is 1. The van der Waals surface area contributed by atoms with Crippen molar-refractivity contribution in [1.29, 1.82) is 0 Å². The Morgan fingerprint density at radius 3 is 2.73 bits per heavy atom. The van der Waals surface area contributed by atoms with Crippen molar-refractivity contribution < 1.29 is 9.53 Å². The number of hydrogen-bond donors (Lipinski definition) is 1. The molecule has 1 aliphatic heterocycles. The summed E-state index contributed by atoms with van der Waals surface area (Å²) in [5.74, 6) is 1.13. The molecule has 0 aliphatic carbocycles. The molecule has 1 unspecified atom stereocenters. The smallest absolute Gasteiger partial charge is 0.272 e. The fourth-order valence-electron chi connectivity index (χ4n) is 3.24. The second kappa shape index (κ2) is 8.49. The monoisotopic (exact) mass is 355 g/mol. The Bertz CT molecular complexity index is 715. The van der Waals surface area contributed by atoms with Crippen molar-refractivity contribution in [3.8, 4) is 0 Å². The van der Waals surface area contributed by atoms with Crippen molar-refractivity contribution in [1.82, 2.24) is 14.9 Å². The van der Waals surface area contributed by atoms with E-state index in [2.05, 4.69) is 55.0 Å². The average molecular weight is 355 g/mol. The van der Waals surface area contributed by atoms with Crippen LogP contribution < -0.4 is 0 Å². The lowest BCUT2D eigenvalue weighted by molar-refractivity contribution is 0.0524. The Morgan fingerprint density at radius 2 is 2.12 bits per heavy atom. The summed E-state index contributed by atoms with van der Waals surface area (Å²) in [6, 6.07) is 8.50. The summed E-state index contributed by atoms with van der Waals surface area (Å²) in [5.41, 5.74) is 3.06. The Morgan fingerprint density at radius 1 is 1.35 bits per heavy atom. The lowest BCUT2D eigenvalue weighted by Crippen LogP contribution is -2.39. The Balaban J connectivity index is 1.70. The van der Waals surface area contributed by atoms with Gasteiger partial charge < -0.3 is 14.6 Å². The fourth-order valence-corrected chi connectivity index (χ4v) is 3.24. The Labute approximate surface area is 155 Å². The summed E-state index contributed by atoms with van der Waals surface area (Å²) in [4.78, 5) is 22.5. The molecule has 1 saturated heterocycles. The predicted molar refractivity (Wildman–Crippen MR) is 102 cm³/mol. The first-order valence-electron chi connectivity index (χ1n) is 9.54. The van der Waals surface area contributed by atoms with Gasteiger partial charge in [-0.2, -0.15) is 0 Å². The van der Waals surface area contributed by atoms with E-state index in [1.165, 1.54) is 11.1 Å². The SMILES string of the molecule is Cc1ccc(CCN(CC2CCCO2)C(=O)c2cnc(C(C)C)[nH]2)cc1. The van der Waals surface area contributed by atoms with Crippen molar-refractivity contribution >= 4 is 5.91 Å². The van der Waals surface area contributed by atoms with E-state index in [1.807, 2.05) is 4.90 Å². The summed E-state index contributed by atoms with van der Waals surface area (Å²) in [6.45, 7) is 8.33. The van der Waals surface area contributed by atoms with E-state index in [0.717, 1.165) is 31.7 Å². The van der Waals surface area contributed by atoms with Crippen molar-refractivity contribution in [2.75, 3.05) is 19.7 Å². The van der Waals surface area contributed by atoms with Gasteiger partial charge in [0.1, 0.15) is 11.5 Å². The van der Waals surface area contributed by atoms with E-state index in [-0.39, 0.29) is 17.9 Å². The summed E-state index contributed by atoms with van der Waals surface area (Å²) in [7, 11) is 0. The van der Waals surface area contributed by atoms with Crippen LogP contribution in [0.5, 0.6) is 0 Å². The van der Waals surface area contributed by atoms with E-state index in [4.69, 9.17) is 4.74 Å². The maximum Gasteiger partial charge on any atom is 0.272 e. The third kappa shape index (κ3) is 4.73. The van der Waals surface area contributed by atoms with Crippen LogP contribution in [-0.4, -0.2) is 46.6 Å². The van der Waals surface area contributed by atoms with Gasteiger partial charge in [0.25, 0.3) is 5.91 Å². The van der Waals surface area contributed by atoms with Gasteiger partial charge in [-0.05, 0) is 31.7 Å². The first-order valence-corrected chi connectivity index (χ1v) is 9.54. The van der Waals surface area contributed by atoms with Gasteiger partial charge in [-0.25, -0.2) is 4.98 Å². The number of aromatic nitrogens is 2. The molecule has 0 saturated carbocycles. The second-order valence-electron chi connectivity index (χ2n) is 7.46. The number of carbonyl (C=O) groups is 1. The zero-order valence-electron chi connectivity index (χ0n) is 16.0. The maximum absolute atomic E-state index is 13.0. The number of nitrogens with one attached hydrogen (secondary N) is 1. The molecule has 2 aromatic rings. The van der Waals surface area contributed by atoms with Crippen LogP contribution in [0.1, 0.15) is 60.0 Å². The third-order valence-electron chi connectivity index (χ3n) is 4.90. The van der Waals surface area contributed by atoms with Crippen LogP contribution in [-0.2, 0) is 11.2 Å². The average Bonchev–Trinajstić information content (AvgIpc) is 3.31. The molecule has 5 heteroatoms. The van der Waals surface area contributed by atoms with Crippen molar-refractivity contribution in [2.45, 2.75) is 52.1 Å². The Hall–Kier alpha value is -2.14. The van der Waals surface area contributed by atoms with Crippen LogP contribution in [0, 0.1) is 6.92 Å². The van der Waals surface area contributed by atoms with Gasteiger partial charge in [0.2, 0.25) is 0 Å². The van der Waals surface area contributed by atoms with E-state index in [1.54, 1.807) is 6.20 Å². The van der Waals surface area contributed by atoms with E-state index < -0.39 is 0 Å². The molecule has 2 heterocycles. The normalized spacial score (nSPS) is 17.0. The van der Waals surface area contributed by atoms with Crippen LogP contribution in [0.15, 0.2) is 30.5 Å². The van der Waals surface area contributed by atoms with Gasteiger partial charge in [-0.1, -0.05) is 43.7 Å². The minimum Gasteiger partial charge on any atom is -0.376 e. The highest BCUT2D eigenvalue weighted by atomic mass is 16.5. The molecule has 5 nitrogen and oxygen atoms in total. The molecular formula is C21H29N3O2. The molecule has 1 aliphatic rings. The lowest BCUT2D eigenvalue weighted by Gasteiger charge is -2.25. The summed E-state index contributed by atoms with van der Waals surface area (Å²) >= 11 is 0. The molecule has 1 amide bonds. The third-order valence-corrected chi connectivity index (χ3v) is 4.90. The molecule has 1 fully saturated rings. The minimum absolute atomic E-state index is 0.00649. The number of H-pyrrole nitrogens is 1. The standard InChI is InChI=1S/C21H29N3O2/c1-15(2)20-22-13-19(23-20)21(25)24(14-18-5-4-12-26-18)11-10-17-8-6-16(3)7-9-17/h6-9,13,15,18H,4-5,10-12,14H2,1-3H3,(H,22,23). The minimum atomic E-state index is 0.00649. The van der Waals surface area contributed by atoms with Gasteiger partial charge in [0.05, 0.1) is 12.3 Å². The number of benzene rings is 1. The van der Waals surface area contributed by atoms with Crippen LogP contribution in [0.3, 0.4) is 0 Å². The molecule has 1 N–H and O–H groups in total. The molecule has 26 heavy (non-hydrogen) atoms. The highest BCUT2D eigenvalue weighted by Crippen LogP contribution is 2.17. The van der Waals surface area contributed by atoms with E-state index >= 15 is 0 Å². The molecule has 1 aromatic carbocycles. The number of nitrogens with zero attached hydrogens (tertiary/aromatic N) is 2. The van der Waals surface area contributed by atoms with Crippen LogP contribution in [0.2, 0.25) is 0 Å². The summed E-state index contributed by atoms with van der Waals surface area (Å²) in [6.07, 6.45) is 4.74. The maximum atomic E-state index is 13.0. The van der Waals surface area contributed by atoms with Gasteiger partial charge in [0, 0.05) is 25.6 Å². The van der Waals surface area contributed by atoms with E-state index in [0.29, 0.717) is 18.8 Å². The Kier molecular flexibility index (Phi) is 6.09. The van der Waals surface area contributed by atoms with Crippen LogP contribution in [0.4, 0.5) is 0 Å². The molecule has 3 rings (SSSR count). The summed E-state index contributed by atoms with van der Waals surface area (Å²) in [5, 5.41) is 0. The molecule has 140 valence electrons. The van der Waals surface area contributed by atoms with Crippen LogP contribution >= 0.6 is 0 Å². The molecule has 0 radical (unpaired) electrons. The van der Waals surface area contributed by atoms with Gasteiger partial charge in [-0.3, -0.25) is 4.79 Å². The topological polar surface area (TPSA) is 58.2 Å². The number of amides is 1. The highest BCUT2D eigenvalue weighted by molar-refractivity contribution is 5.92. The number of carbonyl (C=O) groups excluding carboxylic acids is 1. The van der Waals surface area contributed by atoms with Gasteiger partial charge >= 0.3 is 0 Å². The molecule has 1 atom stereocenters. The van der Waals surface area contributed by atoms with Crippen molar-refractivity contribution in [3.05, 3.63) is 53.1 Å². The predicted octanol–water partition coefficient (Wildman–Crippen LogP) is 3.71. The number of hydrogen-bond acceptors (Lipinski definition) is 3. The zero-order valence-corrected chi connectivity index (χ0v) is 16.0. The van der Waals surface area contributed by atoms with Gasteiger partial charge in [-0.15, -0.1) is 0 Å². The van der Waals surface area contributed by atoms with E-state index in [9.17, 15) is 4.79 Å². The van der Waals surface area contributed by atoms with Gasteiger partial charge in [0.15, 0.2) is 0 Å². The summed E-state index contributed by atoms with van der Waals surface area (Å²) < 4.78 is 5.76. The number of imidazole rings is 1. The van der Waals surface area contributed by atoms with Crippen molar-refractivity contribution in [2.24, 2.45) is 0 Å². The fraction of sp³-hybridized carbons (Fsp3) is 0.524. The first kappa shape index (κ1) is 18.6. The lowest BCUT2D eigenvalue weighted by atomic mass is 10.1. The molecular weight excluding hydrogens is 326 g/mol. The largest absolute Gasteiger partial charge is 0.376 e. The zero-order chi connectivity index (χ0) is 18.5. The molecule has 1 aromatic heterocycles. The number of aryl methyl sites for hydroxylation is 1. The van der Waals surface area contributed by atoms with Crippen LogP contribution in [0.25, 0.3) is 0 Å². The van der Waals surface area contributed by atoms with Crippen molar-refractivity contribution in [3.63, 3.8) is 0 Å². The molecule has 0 spiro atoms. The number of rotatable bonds is 7.